The van der Waals surface area contributed by atoms with Gasteiger partial charge >= 0.3 is 0 Å². The highest BCUT2D eigenvalue weighted by atomic mass is 16.5. The number of rotatable bonds is 3. The van der Waals surface area contributed by atoms with E-state index in [0.717, 1.165) is 19.5 Å². The molecule has 0 aromatic carbocycles. The largest absolute Gasteiger partial charge is 0.375 e. The van der Waals surface area contributed by atoms with E-state index in [0.29, 0.717) is 12.0 Å². The van der Waals surface area contributed by atoms with E-state index in [-0.39, 0.29) is 12.5 Å². The molecule has 1 N–H and O–H groups in total. The second-order valence-electron chi connectivity index (χ2n) is 4.14. The minimum atomic E-state index is -0.00565. The summed E-state index contributed by atoms with van der Waals surface area (Å²) in [4.78, 5) is 13.6. The maximum atomic E-state index is 11.3. The van der Waals surface area contributed by atoms with Gasteiger partial charge in [-0.25, -0.2) is 0 Å². The van der Waals surface area contributed by atoms with Gasteiger partial charge in [0, 0.05) is 19.7 Å². The number of nitrogens with zero attached hydrogens (tertiary/aromatic N) is 1. The number of amides is 1. The molecule has 0 aromatic rings. The number of ether oxygens (including phenoxy) is 1. The summed E-state index contributed by atoms with van der Waals surface area (Å²) < 4.78 is 4.78. The fourth-order valence-electron chi connectivity index (χ4n) is 1.95. The smallest absolute Gasteiger partial charge is 0.246 e. The average Bonchev–Trinajstić information content (AvgIpc) is 2.10. The van der Waals surface area contributed by atoms with Crippen LogP contribution >= 0.6 is 0 Å². The third-order valence-electron chi connectivity index (χ3n) is 2.73. The van der Waals surface area contributed by atoms with Crippen LogP contribution in [0.25, 0.3) is 0 Å². The molecule has 0 aliphatic carbocycles. The van der Waals surface area contributed by atoms with Gasteiger partial charge in [-0.2, -0.15) is 0 Å². The van der Waals surface area contributed by atoms with E-state index in [1.165, 1.54) is 7.11 Å². The highest BCUT2D eigenvalue weighted by Gasteiger charge is 2.25. The lowest BCUT2D eigenvalue weighted by atomic mass is 9.94. The Morgan fingerprint density at radius 3 is 2.93 bits per heavy atom. The van der Waals surface area contributed by atoms with Crippen LogP contribution in [-0.4, -0.2) is 50.7 Å². The molecule has 1 saturated heterocycles. The Morgan fingerprint density at radius 1 is 1.64 bits per heavy atom. The third kappa shape index (κ3) is 3.27. The van der Waals surface area contributed by atoms with Crippen molar-refractivity contribution in [1.82, 2.24) is 10.2 Å². The van der Waals surface area contributed by atoms with Crippen LogP contribution in [0.1, 0.15) is 13.3 Å². The second-order valence-corrected chi connectivity index (χ2v) is 4.14. The van der Waals surface area contributed by atoms with Gasteiger partial charge in [-0.3, -0.25) is 4.79 Å². The molecule has 4 nitrogen and oxygen atoms in total. The normalized spacial score (nSPS) is 28.8. The maximum absolute atomic E-state index is 11.3. The van der Waals surface area contributed by atoms with Gasteiger partial charge in [-0.1, -0.05) is 6.92 Å². The number of methoxy groups -OCH3 is 1. The number of hydrogen-bond donors (Lipinski definition) is 1. The molecule has 0 aromatic heterocycles. The van der Waals surface area contributed by atoms with Crippen LogP contribution < -0.4 is 5.32 Å². The fourth-order valence-corrected chi connectivity index (χ4v) is 1.95. The molecule has 4 heteroatoms. The summed E-state index contributed by atoms with van der Waals surface area (Å²) in [6.45, 7) is 4.45. The molecule has 1 heterocycles. The molecule has 0 bridgehead atoms. The van der Waals surface area contributed by atoms with Gasteiger partial charge in [-0.15, -0.1) is 0 Å². The van der Waals surface area contributed by atoms with Gasteiger partial charge < -0.3 is 15.0 Å². The number of nitrogens with one attached hydrogen (secondary N) is 1. The number of hydrogen-bond acceptors (Lipinski definition) is 3. The van der Waals surface area contributed by atoms with Gasteiger partial charge in [0.05, 0.1) is 0 Å². The molecule has 1 aliphatic heterocycles. The van der Waals surface area contributed by atoms with Crippen LogP contribution in [0.2, 0.25) is 0 Å². The second kappa shape index (κ2) is 5.32. The zero-order valence-electron chi connectivity index (χ0n) is 9.25. The predicted octanol–water partition coefficient (Wildman–Crippen LogP) is 0.0892. The molecule has 0 saturated carbocycles. The van der Waals surface area contributed by atoms with Crippen LogP contribution in [-0.2, 0) is 9.53 Å². The van der Waals surface area contributed by atoms with Gasteiger partial charge in [0.25, 0.3) is 0 Å². The molecule has 14 heavy (non-hydrogen) atoms. The summed E-state index contributed by atoms with van der Waals surface area (Å²) in [6.07, 6.45) is 1.03. The molecule has 2 unspecified atom stereocenters. The van der Waals surface area contributed by atoms with Gasteiger partial charge in [0.1, 0.15) is 6.61 Å². The highest BCUT2D eigenvalue weighted by Crippen LogP contribution is 2.14. The molecular formula is C10H20N2O2. The zero-order chi connectivity index (χ0) is 10.6. The van der Waals surface area contributed by atoms with E-state index in [4.69, 9.17) is 4.74 Å². The van der Waals surface area contributed by atoms with Crippen molar-refractivity contribution in [1.29, 1.82) is 0 Å². The van der Waals surface area contributed by atoms with Crippen LogP contribution in [0, 0.1) is 5.92 Å². The molecule has 1 rings (SSSR count). The lowest BCUT2D eigenvalue weighted by molar-refractivity contribution is -0.126. The zero-order valence-corrected chi connectivity index (χ0v) is 9.25. The standard InChI is InChI=1S/C10H20N2O2/c1-8-6-12(2)5-4-9(8)11-10(13)7-14-3/h8-9H,4-7H2,1-3H3,(H,11,13). The van der Waals surface area contributed by atoms with Crippen molar-refractivity contribution >= 4 is 5.91 Å². The Kier molecular flexibility index (Phi) is 4.35. The van der Waals surface area contributed by atoms with Crippen LogP contribution in [0.5, 0.6) is 0 Å². The fraction of sp³-hybridized carbons (Fsp3) is 0.900. The minimum Gasteiger partial charge on any atom is -0.375 e. The summed E-state index contributed by atoms with van der Waals surface area (Å²) in [5.74, 6) is 0.517. The van der Waals surface area contributed by atoms with Gasteiger partial charge in [0.2, 0.25) is 5.91 Å². The van der Waals surface area contributed by atoms with E-state index in [9.17, 15) is 4.79 Å². The summed E-state index contributed by atoms with van der Waals surface area (Å²) in [5, 5.41) is 3.00. The Morgan fingerprint density at radius 2 is 2.36 bits per heavy atom. The molecule has 2 atom stereocenters. The van der Waals surface area contributed by atoms with Crippen molar-refractivity contribution in [2.24, 2.45) is 5.92 Å². The Hall–Kier alpha value is -0.610. The molecular weight excluding hydrogens is 180 g/mol. The molecule has 1 aliphatic rings. The molecule has 0 spiro atoms. The maximum Gasteiger partial charge on any atom is 0.246 e. The summed E-state index contributed by atoms with van der Waals surface area (Å²) in [7, 11) is 3.65. The quantitative estimate of drug-likeness (QED) is 0.702. The summed E-state index contributed by atoms with van der Waals surface area (Å²) in [5.41, 5.74) is 0. The van der Waals surface area contributed by atoms with Crippen LogP contribution in [0.4, 0.5) is 0 Å². The van der Waals surface area contributed by atoms with E-state index in [1.807, 2.05) is 0 Å². The van der Waals surface area contributed by atoms with E-state index >= 15 is 0 Å². The van der Waals surface area contributed by atoms with Crippen molar-refractivity contribution in [3.63, 3.8) is 0 Å². The first kappa shape index (κ1) is 11.5. The first-order valence-electron chi connectivity index (χ1n) is 5.10. The molecule has 1 fully saturated rings. The molecule has 82 valence electrons. The molecule has 0 radical (unpaired) electrons. The predicted molar refractivity (Wildman–Crippen MR) is 55.1 cm³/mol. The van der Waals surface area contributed by atoms with E-state index in [2.05, 4.69) is 24.2 Å². The van der Waals surface area contributed by atoms with Crippen molar-refractivity contribution in [3.8, 4) is 0 Å². The van der Waals surface area contributed by atoms with Gasteiger partial charge in [-0.05, 0) is 25.9 Å². The van der Waals surface area contributed by atoms with E-state index in [1.54, 1.807) is 0 Å². The number of carbonyl (C=O) groups excluding carboxylic acids is 1. The van der Waals surface area contributed by atoms with E-state index < -0.39 is 0 Å². The number of carbonyl (C=O) groups is 1. The SMILES string of the molecule is COCC(=O)NC1CCN(C)CC1C. The summed E-state index contributed by atoms with van der Waals surface area (Å²) in [6, 6.07) is 0.314. The highest BCUT2D eigenvalue weighted by molar-refractivity contribution is 5.77. The van der Waals surface area contributed by atoms with Crippen molar-refractivity contribution < 1.29 is 9.53 Å². The van der Waals surface area contributed by atoms with Crippen LogP contribution in [0.3, 0.4) is 0 Å². The lowest BCUT2D eigenvalue weighted by Gasteiger charge is -2.35. The summed E-state index contributed by atoms with van der Waals surface area (Å²) >= 11 is 0. The first-order valence-corrected chi connectivity index (χ1v) is 5.10. The minimum absolute atomic E-state index is 0.00565. The van der Waals surface area contributed by atoms with Crippen molar-refractivity contribution in [2.45, 2.75) is 19.4 Å². The Bertz CT molecular complexity index is 197. The monoisotopic (exact) mass is 200 g/mol. The van der Waals surface area contributed by atoms with Crippen LogP contribution in [0.15, 0.2) is 0 Å². The Labute approximate surface area is 85.6 Å². The van der Waals surface area contributed by atoms with Crippen molar-refractivity contribution in [2.75, 3.05) is 33.9 Å². The first-order chi connectivity index (χ1) is 6.63. The number of piperidine rings is 1. The molecule has 1 amide bonds. The topological polar surface area (TPSA) is 41.6 Å². The van der Waals surface area contributed by atoms with Gasteiger partial charge in [0.15, 0.2) is 0 Å². The lowest BCUT2D eigenvalue weighted by Crippen LogP contribution is -2.49. The number of likely N-dealkylation sites (tertiary alicyclic amines) is 1. The Balaban J connectivity index is 2.33. The average molecular weight is 200 g/mol. The van der Waals surface area contributed by atoms with Crippen molar-refractivity contribution in [3.05, 3.63) is 0 Å². The third-order valence-corrected chi connectivity index (χ3v) is 2.73.